The van der Waals surface area contributed by atoms with Gasteiger partial charge >= 0.3 is 24.3 Å². The Labute approximate surface area is 222 Å². The van der Waals surface area contributed by atoms with Gasteiger partial charge in [0.2, 0.25) is 5.41 Å². The average molecular weight is 553 g/mol. The predicted molar refractivity (Wildman–Crippen MR) is 132 cm³/mol. The Hall–Kier alpha value is -3.92. The maximum atomic E-state index is 15.0. The molecule has 0 spiro atoms. The van der Waals surface area contributed by atoms with Crippen LogP contribution in [0, 0.1) is 35.5 Å². The second kappa shape index (κ2) is 12.8. The van der Waals surface area contributed by atoms with Crippen LogP contribution in [-0.2, 0) is 27.8 Å². The van der Waals surface area contributed by atoms with Gasteiger partial charge in [-0.3, -0.25) is 9.59 Å². The van der Waals surface area contributed by atoms with E-state index < -0.39 is 76.6 Å². The molecule has 0 aliphatic rings. The van der Waals surface area contributed by atoms with Crippen LogP contribution >= 0.6 is 0 Å². The number of carboxylic acids is 2. The zero-order valence-corrected chi connectivity index (χ0v) is 21.1. The zero-order chi connectivity index (χ0) is 29.4. The minimum Gasteiger partial charge on any atom is -0.480 e. The summed E-state index contributed by atoms with van der Waals surface area (Å²) in [4.78, 5) is 23.5. The Kier molecular flexibility index (Phi) is 10.2. The molecule has 2 aromatic rings. The highest BCUT2D eigenvalue weighted by molar-refractivity contribution is 5.75. The molecule has 2 rings (SSSR count). The van der Waals surface area contributed by atoms with Gasteiger partial charge in [0.25, 0.3) is 0 Å². The molecular weight excluding hydrogens is 526 g/mol. The molecule has 0 fully saturated rings. The third-order valence-electron chi connectivity index (χ3n) is 6.04. The van der Waals surface area contributed by atoms with Crippen LogP contribution in [0.3, 0.4) is 0 Å². The topological polar surface area (TPSA) is 74.6 Å². The number of halogens is 6. The number of carbonyl (C=O) groups is 2. The summed E-state index contributed by atoms with van der Waals surface area (Å²) in [5, 5.41) is 19.1. The zero-order valence-electron chi connectivity index (χ0n) is 21.1. The highest BCUT2D eigenvalue weighted by Gasteiger charge is 2.73. The lowest BCUT2D eigenvalue weighted by Gasteiger charge is -2.40. The fraction of sp³-hybridized carbons (Fsp3) is 0.379. The van der Waals surface area contributed by atoms with Gasteiger partial charge in [0.05, 0.1) is 0 Å². The number of aliphatic carboxylic acids is 2. The van der Waals surface area contributed by atoms with Gasteiger partial charge in [-0.05, 0) is 35.1 Å². The van der Waals surface area contributed by atoms with Crippen molar-refractivity contribution in [3.05, 3.63) is 70.8 Å². The maximum Gasteiger partial charge on any atom is 0.411 e. The molecule has 0 aliphatic heterocycles. The van der Waals surface area contributed by atoms with Crippen molar-refractivity contribution in [2.75, 3.05) is 0 Å². The van der Waals surface area contributed by atoms with Crippen LogP contribution in [-0.4, -0.2) is 34.5 Å². The van der Waals surface area contributed by atoms with Crippen molar-refractivity contribution in [2.24, 2.45) is 11.8 Å². The van der Waals surface area contributed by atoms with Crippen molar-refractivity contribution in [3.8, 4) is 23.7 Å². The van der Waals surface area contributed by atoms with E-state index in [9.17, 15) is 46.1 Å². The number of carboxylic acid groups (broad SMARTS) is 2. The molecule has 4 nitrogen and oxygen atoms in total. The van der Waals surface area contributed by atoms with Gasteiger partial charge in [-0.15, -0.1) is 11.8 Å². The second-order valence-corrected chi connectivity index (χ2v) is 8.60. The molecular formula is C29H26F6O4. The summed E-state index contributed by atoms with van der Waals surface area (Å²) in [6.07, 6.45) is -12.9. The van der Waals surface area contributed by atoms with Gasteiger partial charge in [-0.2, -0.15) is 26.3 Å². The van der Waals surface area contributed by atoms with Crippen LogP contribution in [0.2, 0.25) is 0 Å². The summed E-state index contributed by atoms with van der Waals surface area (Å²) in [6.45, 7) is 3.23. The molecule has 2 aromatic carbocycles. The van der Waals surface area contributed by atoms with Crippen molar-refractivity contribution in [1.82, 2.24) is 0 Å². The lowest BCUT2D eigenvalue weighted by molar-refractivity contribution is -0.289. The van der Waals surface area contributed by atoms with Crippen molar-refractivity contribution in [2.45, 2.75) is 57.3 Å². The molecule has 10 heteroatoms. The van der Waals surface area contributed by atoms with Gasteiger partial charge < -0.3 is 10.2 Å². The van der Waals surface area contributed by atoms with Crippen molar-refractivity contribution < 1.29 is 46.1 Å². The largest absolute Gasteiger partial charge is 0.480 e. The summed E-state index contributed by atoms with van der Waals surface area (Å²) in [7, 11) is 0. The van der Waals surface area contributed by atoms with Gasteiger partial charge in [0.1, 0.15) is 11.8 Å². The highest BCUT2D eigenvalue weighted by Crippen LogP contribution is 2.58. The van der Waals surface area contributed by atoms with E-state index in [2.05, 4.69) is 23.7 Å². The van der Waals surface area contributed by atoms with Gasteiger partial charge in [-0.1, -0.05) is 74.2 Å². The highest BCUT2D eigenvalue weighted by atomic mass is 19.4. The monoisotopic (exact) mass is 552 g/mol. The van der Waals surface area contributed by atoms with Crippen LogP contribution in [0.5, 0.6) is 0 Å². The average Bonchev–Trinajstić information content (AvgIpc) is 2.84. The molecule has 0 heterocycles. The van der Waals surface area contributed by atoms with Crippen LogP contribution in [0.25, 0.3) is 0 Å². The van der Waals surface area contributed by atoms with Gasteiger partial charge in [-0.25, -0.2) is 0 Å². The smallest absolute Gasteiger partial charge is 0.411 e. The Morgan fingerprint density at radius 2 is 1.03 bits per heavy atom. The molecule has 0 amide bonds. The van der Waals surface area contributed by atoms with Crippen LogP contribution in [0.4, 0.5) is 26.3 Å². The van der Waals surface area contributed by atoms with Crippen LogP contribution in [0.1, 0.15) is 48.9 Å². The lowest BCUT2D eigenvalue weighted by Crippen LogP contribution is -2.56. The van der Waals surface area contributed by atoms with Gasteiger partial charge in [0.15, 0.2) is 0 Å². The van der Waals surface area contributed by atoms with Gasteiger partial charge in [0, 0.05) is 12.8 Å². The lowest BCUT2D eigenvalue weighted by atomic mass is 9.68. The van der Waals surface area contributed by atoms with Crippen LogP contribution in [0.15, 0.2) is 48.5 Å². The Bertz CT molecular complexity index is 1200. The summed E-state index contributed by atoms with van der Waals surface area (Å²) in [5.41, 5.74) is -8.00. The molecule has 39 heavy (non-hydrogen) atoms. The first-order chi connectivity index (χ1) is 18.2. The molecule has 0 aliphatic carbocycles. The van der Waals surface area contributed by atoms with E-state index >= 15 is 0 Å². The molecule has 0 saturated carbocycles. The first kappa shape index (κ1) is 31.3. The summed E-state index contributed by atoms with van der Waals surface area (Å²) in [5.74, 6) is 3.72. The predicted octanol–water partition coefficient (Wildman–Crippen LogP) is 6.41. The van der Waals surface area contributed by atoms with E-state index in [4.69, 9.17) is 0 Å². The van der Waals surface area contributed by atoms with E-state index in [-0.39, 0.29) is 12.8 Å². The number of hydrogen-bond donors (Lipinski definition) is 2. The molecule has 2 N–H and O–H groups in total. The number of benzene rings is 2. The first-order valence-corrected chi connectivity index (χ1v) is 11.9. The van der Waals surface area contributed by atoms with E-state index in [1.54, 1.807) is 13.8 Å². The minimum absolute atomic E-state index is 0.236. The quantitative estimate of drug-likeness (QED) is 0.293. The van der Waals surface area contributed by atoms with Crippen molar-refractivity contribution >= 4 is 11.9 Å². The molecule has 0 aromatic heterocycles. The summed E-state index contributed by atoms with van der Waals surface area (Å²) < 4.78 is 89.9. The van der Waals surface area contributed by atoms with Crippen LogP contribution < -0.4 is 0 Å². The SMILES string of the molecule is CCC#CC(Cc1ccccc1C(c1ccccc1CC(C#CCC)C(=O)O)(C(F)(F)F)C(F)(F)F)C(=O)O. The minimum atomic E-state index is -5.96. The van der Waals surface area contributed by atoms with E-state index in [1.807, 2.05) is 0 Å². The molecule has 0 bridgehead atoms. The second-order valence-electron chi connectivity index (χ2n) is 8.60. The van der Waals surface area contributed by atoms with Crippen molar-refractivity contribution in [3.63, 3.8) is 0 Å². The maximum absolute atomic E-state index is 15.0. The number of rotatable bonds is 8. The molecule has 2 unspecified atom stereocenters. The molecule has 2 atom stereocenters. The van der Waals surface area contributed by atoms with E-state index in [1.165, 1.54) is 12.1 Å². The first-order valence-electron chi connectivity index (χ1n) is 11.9. The third kappa shape index (κ3) is 6.75. The number of alkyl halides is 6. The fourth-order valence-corrected chi connectivity index (χ4v) is 4.34. The third-order valence-corrected chi connectivity index (χ3v) is 6.04. The standard InChI is InChI=1S/C29H26F6O4/c1-3-5-11-21(25(36)37)17-19-13-7-9-15-23(19)27(28(30,31)32,29(33,34)35)24-16-10-8-14-20(24)18-22(26(38)39)12-6-4-2/h7-10,13-16,21-22H,3-4,17-18H2,1-2H3,(H,36,37)(H,38,39). The number of hydrogen-bond acceptors (Lipinski definition) is 2. The molecule has 0 radical (unpaired) electrons. The van der Waals surface area contributed by atoms with E-state index in [0.29, 0.717) is 12.1 Å². The van der Waals surface area contributed by atoms with E-state index in [0.717, 1.165) is 24.3 Å². The molecule has 0 saturated heterocycles. The Morgan fingerprint density at radius 1 is 0.692 bits per heavy atom. The summed E-state index contributed by atoms with van der Waals surface area (Å²) in [6, 6.07) is 7.82. The Balaban J connectivity index is 2.96. The van der Waals surface area contributed by atoms with Crippen molar-refractivity contribution in [1.29, 1.82) is 0 Å². The summed E-state index contributed by atoms with van der Waals surface area (Å²) >= 11 is 0. The molecule has 208 valence electrons. The fourth-order valence-electron chi connectivity index (χ4n) is 4.34. The Morgan fingerprint density at radius 3 is 1.31 bits per heavy atom. The normalized spacial score (nSPS) is 13.3.